The second-order valence-corrected chi connectivity index (χ2v) is 8.39. The van der Waals surface area contributed by atoms with Crippen LogP contribution in [0.4, 0.5) is 4.39 Å². The van der Waals surface area contributed by atoms with Gasteiger partial charge in [0.15, 0.2) is 0 Å². The number of para-hydroxylation sites is 1. The van der Waals surface area contributed by atoms with Crippen molar-refractivity contribution < 1.29 is 23.5 Å². The van der Waals surface area contributed by atoms with Crippen molar-refractivity contribution in [3.05, 3.63) is 66.1 Å². The normalized spacial score (nSPS) is 12.4. The van der Waals surface area contributed by atoms with Gasteiger partial charge in [-0.05, 0) is 63.1 Å². The fourth-order valence-electron chi connectivity index (χ4n) is 4.09. The van der Waals surface area contributed by atoms with E-state index >= 15 is 0 Å². The number of rotatable bonds is 10. The van der Waals surface area contributed by atoms with Crippen LogP contribution in [0.25, 0.3) is 28.1 Å². The number of esters is 2. The van der Waals surface area contributed by atoms with Crippen LogP contribution in [0.1, 0.15) is 58.7 Å². The minimum atomic E-state index is -0.752. The zero-order valence-corrected chi connectivity index (χ0v) is 20.2. The number of hydrogen-bond acceptors (Lipinski definition) is 4. The van der Waals surface area contributed by atoms with Gasteiger partial charge in [-0.15, -0.1) is 0 Å². The molecule has 3 rings (SSSR count). The maximum Gasteiger partial charge on any atom is 0.309 e. The van der Waals surface area contributed by atoms with E-state index in [1.807, 2.05) is 31.2 Å². The van der Waals surface area contributed by atoms with Crippen molar-refractivity contribution in [2.75, 3.05) is 6.61 Å². The Bertz CT molecular complexity index is 1140. The molecule has 0 N–H and O–H groups in total. The summed E-state index contributed by atoms with van der Waals surface area (Å²) in [7, 11) is 0. The smallest absolute Gasteiger partial charge is 0.309 e. The lowest BCUT2D eigenvalue weighted by molar-refractivity contribution is -0.152. The molecule has 0 aliphatic carbocycles. The second kappa shape index (κ2) is 11.6. The van der Waals surface area contributed by atoms with Crippen LogP contribution in [0.2, 0.25) is 0 Å². The number of ether oxygens (including phenoxy) is 2. The lowest BCUT2D eigenvalue weighted by atomic mass is 10.0. The van der Waals surface area contributed by atoms with E-state index in [4.69, 9.17) is 9.47 Å². The summed E-state index contributed by atoms with van der Waals surface area (Å²) in [6.45, 7) is 8.08. The predicted molar refractivity (Wildman–Crippen MR) is 133 cm³/mol. The zero-order valence-electron chi connectivity index (χ0n) is 20.2. The van der Waals surface area contributed by atoms with E-state index in [0.29, 0.717) is 6.42 Å². The molecular weight excluding hydrogens is 433 g/mol. The predicted octanol–water partition coefficient (Wildman–Crippen LogP) is 6.71. The topological polar surface area (TPSA) is 57.5 Å². The van der Waals surface area contributed by atoms with Crippen LogP contribution in [0.3, 0.4) is 0 Å². The van der Waals surface area contributed by atoms with Crippen LogP contribution in [0.5, 0.6) is 0 Å². The van der Waals surface area contributed by atoms with Crippen molar-refractivity contribution in [1.29, 1.82) is 0 Å². The standard InChI is InChI=1S/C28H32FNO4/c1-5-9-26(31)34-22(18-27(32)33-6-2)16-17-25-28(20-12-14-21(29)15-13-20)23-10-7-8-11-24(23)30(25)19(3)4/h7-8,10-17,19,22H,5-6,9,18H2,1-4H3/b17-16+. The Hall–Kier alpha value is -3.41. The highest BCUT2D eigenvalue weighted by atomic mass is 19.1. The Morgan fingerprint density at radius 2 is 1.74 bits per heavy atom. The number of hydrogen-bond donors (Lipinski definition) is 0. The molecule has 0 amide bonds. The first-order chi connectivity index (χ1) is 16.3. The average Bonchev–Trinajstić information content (AvgIpc) is 3.12. The lowest BCUT2D eigenvalue weighted by Gasteiger charge is -2.16. The van der Waals surface area contributed by atoms with Gasteiger partial charge in [0.1, 0.15) is 11.9 Å². The van der Waals surface area contributed by atoms with Gasteiger partial charge in [-0.1, -0.05) is 37.3 Å². The molecule has 0 aliphatic heterocycles. The van der Waals surface area contributed by atoms with E-state index < -0.39 is 12.1 Å². The monoisotopic (exact) mass is 465 g/mol. The molecule has 0 aliphatic rings. The van der Waals surface area contributed by atoms with Crippen molar-refractivity contribution in [3.63, 3.8) is 0 Å². The van der Waals surface area contributed by atoms with Gasteiger partial charge in [0, 0.05) is 34.6 Å². The van der Waals surface area contributed by atoms with E-state index in [0.717, 1.165) is 27.7 Å². The van der Waals surface area contributed by atoms with E-state index in [2.05, 4.69) is 24.5 Å². The molecule has 0 saturated carbocycles. The average molecular weight is 466 g/mol. The Morgan fingerprint density at radius 3 is 2.38 bits per heavy atom. The van der Waals surface area contributed by atoms with Gasteiger partial charge in [-0.25, -0.2) is 4.39 Å². The minimum Gasteiger partial charge on any atom is -0.466 e. The summed E-state index contributed by atoms with van der Waals surface area (Å²) >= 11 is 0. The van der Waals surface area contributed by atoms with Crippen LogP contribution in [-0.2, 0) is 19.1 Å². The Morgan fingerprint density at radius 1 is 1.03 bits per heavy atom. The summed E-state index contributed by atoms with van der Waals surface area (Å²) in [6.07, 6.45) is 3.75. The molecule has 2 aromatic carbocycles. The third kappa shape index (κ3) is 5.93. The fraction of sp³-hybridized carbons (Fsp3) is 0.357. The lowest BCUT2D eigenvalue weighted by Crippen LogP contribution is -2.21. The molecule has 180 valence electrons. The van der Waals surface area contributed by atoms with Crippen molar-refractivity contribution >= 4 is 28.9 Å². The molecule has 3 aromatic rings. The highest BCUT2D eigenvalue weighted by Crippen LogP contribution is 2.38. The number of aromatic nitrogens is 1. The molecule has 5 nitrogen and oxygen atoms in total. The van der Waals surface area contributed by atoms with Crippen LogP contribution in [0, 0.1) is 5.82 Å². The van der Waals surface area contributed by atoms with Crippen LogP contribution < -0.4 is 0 Å². The molecule has 6 heteroatoms. The number of nitrogens with zero attached hydrogens (tertiary/aromatic N) is 1. The Balaban J connectivity index is 2.12. The third-order valence-electron chi connectivity index (χ3n) is 5.48. The molecule has 34 heavy (non-hydrogen) atoms. The van der Waals surface area contributed by atoms with Gasteiger partial charge < -0.3 is 14.0 Å². The SMILES string of the molecule is CCCC(=O)OC(/C=C/c1c(-c2ccc(F)cc2)c2ccccc2n1C(C)C)CC(=O)OCC. The highest BCUT2D eigenvalue weighted by Gasteiger charge is 2.21. The van der Waals surface area contributed by atoms with Crippen LogP contribution in [-0.4, -0.2) is 29.2 Å². The molecular formula is C28H32FNO4. The molecule has 0 saturated heterocycles. The fourth-order valence-corrected chi connectivity index (χ4v) is 4.09. The maximum absolute atomic E-state index is 13.7. The van der Waals surface area contributed by atoms with Crippen molar-refractivity contribution in [2.24, 2.45) is 0 Å². The van der Waals surface area contributed by atoms with E-state index in [1.54, 1.807) is 25.1 Å². The molecule has 0 radical (unpaired) electrons. The number of benzene rings is 2. The molecule has 0 bridgehead atoms. The summed E-state index contributed by atoms with van der Waals surface area (Å²) in [4.78, 5) is 24.3. The van der Waals surface area contributed by atoms with Gasteiger partial charge in [-0.2, -0.15) is 0 Å². The number of fused-ring (bicyclic) bond motifs is 1. The Kier molecular flexibility index (Phi) is 8.63. The number of halogens is 1. The Labute approximate surface area is 200 Å². The van der Waals surface area contributed by atoms with Gasteiger partial charge in [0.2, 0.25) is 0 Å². The summed E-state index contributed by atoms with van der Waals surface area (Å²) in [5.41, 5.74) is 3.77. The van der Waals surface area contributed by atoms with E-state index in [-0.39, 0.29) is 37.3 Å². The van der Waals surface area contributed by atoms with Crippen molar-refractivity contribution in [3.8, 4) is 11.1 Å². The number of carbonyl (C=O) groups excluding carboxylic acids is 2. The first-order valence-electron chi connectivity index (χ1n) is 11.8. The quantitative estimate of drug-likeness (QED) is 0.312. The van der Waals surface area contributed by atoms with Crippen molar-refractivity contribution in [1.82, 2.24) is 4.57 Å². The minimum absolute atomic E-state index is 0.0619. The first kappa shape index (κ1) is 25.2. The van der Waals surface area contributed by atoms with Gasteiger partial charge >= 0.3 is 11.9 Å². The van der Waals surface area contributed by atoms with E-state index in [9.17, 15) is 14.0 Å². The largest absolute Gasteiger partial charge is 0.466 e. The molecule has 1 heterocycles. The summed E-state index contributed by atoms with van der Waals surface area (Å²) < 4.78 is 26.5. The molecule has 1 atom stereocenters. The number of carbonyl (C=O) groups is 2. The van der Waals surface area contributed by atoms with E-state index in [1.165, 1.54) is 12.1 Å². The summed E-state index contributed by atoms with van der Waals surface area (Å²) in [6, 6.07) is 14.6. The highest BCUT2D eigenvalue weighted by molar-refractivity contribution is 6.01. The molecule has 1 unspecified atom stereocenters. The second-order valence-electron chi connectivity index (χ2n) is 8.39. The van der Waals surface area contributed by atoms with Crippen LogP contribution >= 0.6 is 0 Å². The van der Waals surface area contributed by atoms with Gasteiger partial charge in [0.25, 0.3) is 0 Å². The van der Waals surface area contributed by atoms with Crippen molar-refractivity contribution in [2.45, 2.75) is 59.1 Å². The van der Waals surface area contributed by atoms with Gasteiger partial charge in [-0.3, -0.25) is 9.59 Å². The summed E-state index contributed by atoms with van der Waals surface area (Å²) in [5.74, 6) is -1.08. The van der Waals surface area contributed by atoms with Crippen LogP contribution in [0.15, 0.2) is 54.6 Å². The maximum atomic E-state index is 13.7. The molecule has 1 aromatic heterocycles. The molecule has 0 spiro atoms. The third-order valence-corrected chi connectivity index (χ3v) is 5.48. The van der Waals surface area contributed by atoms with Gasteiger partial charge in [0.05, 0.1) is 13.0 Å². The molecule has 0 fully saturated rings. The zero-order chi connectivity index (χ0) is 24.7. The first-order valence-corrected chi connectivity index (χ1v) is 11.8. The summed E-state index contributed by atoms with van der Waals surface area (Å²) in [5, 5.41) is 1.03.